The van der Waals surface area contributed by atoms with Crippen molar-refractivity contribution in [2.75, 3.05) is 17.6 Å². The van der Waals surface area contributed by atoms with Crippen LogP contribution in [0, 0.1) is 0 Å². The fourth-order valence-electron chi connectivity index (χ4n) is 1.11. The fourth-order valence-corrected chi connectivity index (χ4v) is 1.81. The Morgan fingerprint density at radius 3 is 3.14 bits per heavy atom. The summed E-state index contributed by atoms with van der Waals surface area (Å²) >= 11 is 1.75. The van der Waals surface area contributed by atoms with Gasteiger partial charge < -0.3 is 11.1 Å². The van der Waals surface area contributed by atoms with Gasteiger partial charge in [-0.2, -0.15) is 4.98 Å². The molecule has 0 aliphatic heterocycles. The summed E-state index contributed by atoms with van der Waals surface area (Å²) in [5.74, 6) is 0.891. The second-order valence-electron chi connectivity index (χ2n) is 2.80. The van der Waals surface area contributed by atoms with Crippen LogP contribution in [-0.2, 0) is 6.42 Å². The number of anilines is 2. The molecule has 0 aliphatic rings. The van der Waals surface area contributed by atoms with Crippen LogP contribution in [0.2, 0.25) is 0 Å². The number of hydrogen-bond acceptors (Lipinski definition) is 5. The first-order valence-electron chi connectivity index (χ1n) is 4.29. The van der Waals surface area contributed by atoms with Gasteiger partial charge in [0.25, 0.3) is 0 Å². The van der Waals surface area contributed by atoms with Crippen molar-refractivity contribution >= 4 is 23.2 Å². The number of rotatable bonds is 4. The number of aromatic nitrogens is 3. The lowest BCUT2D eigenvalue weighted by Crippen LogP contribution is -2.05. The number of aromatic amines is 1. The molecule has 5 nitrogen and oxygen atoms in total. The lowest BCUT2D eigenvalue weighted by Gasteiger charge is -1.98. The largest absolute Gasteiger partial charge is 0.368 e. The second kappa shape index (κ2) is 4.10. The number of nitrogens with zero attached hydrogens (tertiary/aromatic N) is 2. The Hall–Kier alpha value is -1.56. The number of H-pyrrole nitrogens is 1. The molecule has 14 heavy (non-hydrogen) atoms. The normalized spacial score (nSPS) is 10.3. The number of nitrogens with two attached hydrogens (primary N) is 1. The van der Waals surface area contributed by atoms with Crippen LogP contribution in [0.25, 0.3) is 0 Å². The van der Waals surface area contributed by atoms with Crippen molar-refractivity contribution in [3.8, 4) is 0 Å². The van der Waals surface area contributed by atoms with E-state index < -0.39 is 0 Å². The molecule has 2 aromatic rings. The highest BCUT2D eigenvalue weighted by Crippen LogP contribution is 2.09. The summed E-state index contributed by atoms with van der Waals surface area (Å²) in [6, 6.07) is 4.16. The molecule has 2 heterocycles. The highest BCUT2D eigenvalue weighted by atomic mass is 32.1. The minimum absolute atomic E-state index is 0.337. The van der Waals surface area contributed by atoms with Crippen LogP contribution in [0.4, 0.5) is 11.9 Å². The van der Waals surface area contributed by atoms with E-state index >= 15 is 0 Å². The van der Waals surface area contributed by atoms with E-state index in [1.807, 2.05) is 6.07 Å². The third-order valence-corrected chi connectivity index (χ3v) is 2.67. The van der Waals surface area contributed by atoms with Crippen LogP contribution < -0.4 is 11.1 Å². The Morgan fingerprint density at radius 2 is 2.50 bits per heavy atom. The lowest BCUT2D eigenvalue weighted by molar-refractivity contribution is 1.00. The van der Waals surface area contributed by atoms with E-state index in [9.17, 15) is 0 Å². The molecule has 74 valence electrons. The molecule has 0 aromatic carbocycles. The monoisotopic (exact) mass is 209 g/mol. The molecule has 0 fully saturated rings. The van der Waals surface area contributed by atoms with Gasteiger partial charge in [0.15, 0.2) is 0 Å². The highest BCUT2D eigenvalue weighted by molar-refractivity contribution is 7.09. The summed E-state index contributed by atoms with van der Waals surface area (Å²) in [7, 11) is 0. The first kappa shape index (κ1) is 9.01. The summed E-state index contributed by atoms with van der Waals surface area (Å²) in [5, 5.41) is 11.6. The zero-order valence-corrected chi connectivity index (χ0v) is 8.34. The van der Waals surface area contributed by atoms with Crippen LogP contribution in [-0.4, -0.2) is 21.7 Å². The number of thiophene rings is 1. The molecule has 6 heteroatoms. The molecule has 0 amide bonds. The SMILES string of the molecule is Nc1nc(NCCc2cccs2)n[nH]1. The molecular weight excluding hydrogens is 198 g/mol. The van der Waals surface area contributed by atoms with Gasteiger partial charge >= 0.3 is 0 Å². The summed E-state index contributed by atoms with van der Waals surface area (Å²) < 4.78 is 0. The van der Waals surface area contributed by atoms with Crippen molar-refractivity contribution in [3.05, 3.63) is 22.4 Å². The van der Waals surface area contributed by atoms with Gasteiger partial charge in [-0.25, -0.2) is 5.10 Å². The number of hydrogen-bond donors (Lipinski definition) is 3. The summed E-state index contributed by atoms with van der Waals surface area (Å²) in [6.07, 6.45) is 0.978. The molecule has 0 bridgehead atoms. The van der Waals surface area contributed by atoms with E-state index in [2.05, 4.69) is 31.9 Å². The molecule has 0 spiro atoms. The zero-order chi connectivity index (χ0) is 9.80. The summed E-state index contributed by atoms with van der Waals surface area (Å²) in [4.78, 5) is 5.28. The van der Waals surface area contributed by atoms with Gasteiger partial charge in [0, 0.05) is 11.4 Å². The van der Waals surface area contributed by atoms with E-state index in [0.29, 0.717) is 11.9 Å². The molecule has 0 aliphatic carbocycles. The van der Waals surface area contributed by atoms with E-state index in [0.717, 1.165) is 13.0 Å². The van der Waals surface area contributed by atoms with Crippen molar-refractivity contribution in [1.29, 1.82) is 0 Å². The molecule has 4 N–H and O–H groups in total. The van der Waals surface area contributed by atoms with Crippen LogP contribution in [0.1, 0.15) is 4.88 Å². The number of nitrogen functional groups attached to an aromatic ring is 1. The minimum atomic E-state index is 0.337. The standard InChI is InChI=1S/C8H11N5S/c9-7-11-8(13-12-7)10-4-3-6-2-1-5-14-6/h1-2,5H,3-4H2,(H4,9,10,11,12,13). The summed E-state index contributed by atoms with van der Waals surface area (Å²) in [6.45, 7) is 0.817. The van der Waals surface area contributed by atoms with Gasteiger partial charge in [0.2, 0.25) is 11.9 Å². The average molecular weight is 209 g/mol. The molecule has 2 aromatic heterocycles. The predicted octanol–water partition coefficient (Wildman–Crippen LogP) is 1.10. The Labute approximate surface area is 85.4 Å². The first-order chi connectivity index (χ1) is 6.84. The van der Waals surface area contributed by atoms with Gasteiger partial charge in [-0.05, 0) is 17.9 Å². The first-order valence-corrected chi connectivity index (χ1v) is 5.17. The molecular formula is C8H11N5S. The Bertz CT molecular complexity index is 380. The Morgan fingerprint density at radius 1 is 1.57 bits per heavy atom. The Balaban J connectivity index is 1.78. The Kier molecular flexibility index (Phi) is 2.64. The summed E-state index contributed by atoms with van der Waals surface area (Å²) in [5.41, 5.74) is 5.38. The topological polar surface area (TPSA) is 79.6 Å². The smallest absolute Gasteiger partial charge is 0.243 e. The second-order valence-corrected chi connectivity index (χ2v) is 3.83. The molecule has 0 unspecified atom stereocenters. The van der Waals surface area contributed by atoms with Crippen LogP contribution in [0.5, 0.6) is 0 Å². The average Bonchev–Trinajstić information content (AvgIpc) is 2.77. The molecule has 0 atom stereocenters. The van der Waals surface area contributed by atoms with E-state index in [1.165, 1.54) is 4.88 Å². The highest BCUT2D eigenvalue weighted by Gasteiger charge is 1.98. The van der Waals surface area contributed by atoms with Crippen molar-refractivity contribution in [2.45, 2.75) is 6.42 Å². The molecule has 0 saturated carbocycles. The maximum atomic E-state index is 5.38. The maximum Gasteiger partial charge on any atom is 0.243 e. The predicted molar refractivity (Wildman–Crippen MR) is 57.3 cm³/mol. The molecule has 0 radical (unpaired) electrons. The van der Waals surface area contributed by atoms with Gasteiger partial charge in [-0.15, -0.1) is 16.4 Å². The van der Waals surface area contributed by atoms with Crippen molar-refractivity contribution in [1.82, 2.24) is 15.2 Å². The fraction of sp³-hybridized carbons (Fsp3) is 0.250. The van der Waals surface area contributed by atoms with Gasteiger partial charge in [0.1, 0.15) is 0 Å². The van der Waals surface area contributed by atoms with Gasteiger partial charge in [-0.3, -0.25) is 0 Å². The lowest BCUT2D eigenvalue weighted by atomic mass is 10.3. The molecule has 2 rings (SSSR count). The zero-order valence-electron chi connectivity index (χ0n) is 7.53. The molecule has 0 saturated heterocycles. The van der Waals surface area contributed by atoms with Crippen molar-refractivity contribution in [3.63, 3.8) is 0 Å². The minimum Gasteiger partial charge on any atom is -0.368 e. The van der Waals surface area contributed by atoms with E-state index in [4.69, 9.17) is 5.73 Å². The third kappa shape index (κ3) is 2.23. The van der Waals surface area contributed by atoms with Gasteiger partial charge in [-0.1, -0.05) is 6.07 Å². The number of nitrogens with one attached hydrogen (secondary N) is 2. The van der Waals surface area contributed by atoms with Crippen LogP contribution in [0.15, 0.2) is 17.5 Å². The van der Waals surface area contributed by atoms with Crippen LogP contribution >= 0.6 is 11.3 Å². The van der Waals surface area contributed by atoms with Crippen molar-refractivity contribution in [2.24, 2.45) is 0 Å². The van der Waals surface area contributed by atoms with E-state index in [1.54, 1.807) is 11.3 Å². The van der Waals surface area contributed by atoms with E-state index in [-0.39, 0.29) is 0 Å². The third-order valence-electron chi connectivity index (χ3n) is 1.74. The van der Waals surface area contributed by atoms with Crippen LogP contribution in [0.3, 0.4) is 0 Å². The maximum absolute atomic E-state index is 5.38. The van der Waals surface area contributed by atoms with Gasteiger partial charge in [0.05, 0.1) is 0 Å². The quantitative estimate of drug-likeness (QED) is 0.704. The van der Waals surface area contributed by atoms with Crippen molar-refractivity contribution < 1.29 is 0 Å².